The number of nitrogens with zero attached hydrogens (tertiary/aromatic N) is 5. The number of carbonyl (C=O) groups excluding carboxylic acids is 4. The first kappa shape index (κ1) is 32.8. The number of benzene rings is 2. The van der Waals surface area contributed by atoms with E-state index in [2.05, 4.69) is 10.3 Å². The number of Topliss-reactive ketones (excluding diaryl/α,β-unsaturated/α-hetero) is 1. The second-order valence-corrected chi connectivity index (χ2v) is 14.1. The van der Waals surface area contributed by atoms with Gasteiger partial charge in [0.2, 0.25) is 5.91 Å². The molecule has 0 spiro atoms. The molecule has 5 rings (SSSR count). The summed E-state index contributed by atoms with van der Waals surface area (Å²) in [5.41, 5.74) is 2.72. The Morgan fingerprint density at radius 2 is 1.65 bits per heavy atom. The number of para-hydroxylation sites is 1. The highest BCUT2D eigenvalue weighted by Gasteiger charge is 2.36. The average molecular weight is 629 g/mol. The first-order chi connectivity index (χ1) is 21.7. The Kier molecular flexibility index (Phi) is 9.32. The zero-order valence-electron chi connectivity index (χ0n) is 27.6. The van der Waals surface area contributed by atoms with Gasteiger partial charge in [-0.05, 0) is 57.9 Å². The molecule has 1 N–H and O–H groups in total. The molecule has 0 bridgehead atoms. The van der Waals surface area contributed by atoms with Crippen LogP contribution in [0.5, 0.6) is 0 Å². The van der Waals surface area contributed by atoms with E-state index in [1.807, 2.05) is 65.8 Å². The summed E-state index contributed by atoms with van der Waals surface area (Å²) in [7, 11) is 0. The number of urea groups is 1. The molecule has 11 heteroatoms. The van der Waals surface area contributed by atoms with Crippen molar-refractivity contribution in [2.75, 3.05) is 23.3 Å². The molecular formula is C35H44N6O5. The summed E-state index contributed by atoms with van der Waals surface area (Å²) >= 11 is 0. The molecule has 1 fully saturated rings. The summed E-state index contributed by atoms with van der Waals surface area (Å²) < 4.78 is 7.12. The quantitative estimate of drug-likeness (QED) is 0.298. The molecule has 1 saturated carbocycles. The summed E-state index contributed by atoms with van der Waals surface area (Å²) in [6.07, 6.45) is 6.74. The van der Waals surface area contributed by atoms with Crippen molar-refractivity contribution < 1.29 is 23.9 Å². The van der Waals surface area contributed by atoms with Crippen LogP contribution < -0.4 is 10.2 Å². The number of carbonyl (C=O) groups is 4. The van der Waals surface area contributed by atoms with E-state index < -0.39 is 28.9 Å². The molecule has 244 valence electrons. The summed E-state index contributed by atoms with van der Waals surface area (Å²) in [4.78, 5) is 59.2. The van der Waals surface area contributed by atoms with Gasteiger partial charge in [0.15, 0.2) is 5.78 Å². The third-order valence-corrected chi connectivity index (χ3v) is 8.20. The molecule has 2 aromatic carbocycles. The number of ketones is 1. The van der Waals surface area contributed by atoms with Crippen LogP contribution in [0.2, 0.25) is 0 Å². The number of esters is 1. The number of fused-ring (bicyclic) bond motifs is 2. The van der Waals surface area contributed by atoms with Gasteiger partial charge in [0.1, 0.15) is 18.7 Å². The molecule has 3 aromatic rings. The monoisotopic (exact) mass is 628 g/mol. The Balaban J connectivity index is 1.42. The van der Waals surface area contributed by atoms with Gasteiger partial charge in [-0.25, -0.2) is 14.8 Å². The van der Waals surface area contributed by atoms with E-state index >= 15 is 0 Å². The van der Waals surface area contributed by atoms with Crippen LogP contribution in [-0.2, 0) is 25.7 Å². The molecule has 2 aliphatic rings. The van der Waals surface area contributed by atoms with Gasteiger partial charge in [0.05, 0.1) is 35.3 Å². The van der Waals surface area contributed by atoms with E-state index in [-0.39, 0.29) is 31.3 Å². The van der Waals surface area contributed by atoms with E-state index in [9.17, 15) is 19.2 Å². The minimum absolute atomic E-state index is 0.0320. The zero-order valence-corrected chi connectivity index (χ0v) is 27.6. The number of amides is 3. The van der Waals surface area contributed by atoms with Gasteiger partial charge in [-0.15, -0.1) is 0 Å². The van der Waals surface area contributed by atoms with Crippen molar-refractivity contribution in [3.8, 4) is 0 Å². The number of hydrogen-bond donors (Lipinski definition) is 1. The van der Waals surface area contributed by atoms with Crippen molar-refractivity contribution >= 4 is 51.8 Å². The first-order valence-corrected chi connectivity index (χ1v) is 16.0. The van der Waals surface area contributed by atoms with Crippen LogP contribution >= 0.6 is 0 Å². The Hall–Kier alpha value is -4.54. The Labute approximate surface area is 270 Å². The van der Waals surface area contributed by atoms with Crippen LogP contribution in [-0.4, -0.2) is 62.7 Å². The summed E-state index contributed by atoms with van der Waals surface area (Å²) in [5.74, 6) is -0.814. The smallest absolute Gasteiger partial charge is 0.345 e. The van der Waals surface area contributed by atoms with E-state index in [1.165, 1.54) is 9.91 Å². The molecule has 1 aromatic heterocycles. The molecule has 2 heterocycles. The summed E-state index contributed by atoms with van der Waals surface area (Å²) in [5, 5.41) is 8.94. The molecule has 0 unspecified atom stereocenters. The van der Waals surface area contributed by atoms with Gasteiger partial charge >= 0.3 is 12.0 Å². The molecule has 1 aliphatic carbocycles. The van der Waals surface area contributed by atoms with E-state index in [0.717, 1.165) is 43.4 Å². The van der Waals surface area contributed by atoms with Gasteiger partial charge in [0, 0.05) is 22.6 Å². The minimum atomic E-state index is -0.661. The zero-order chi connectivity index (χ0) is 33.2. The van der Waals surface area contributed by atoms with Gasteiger partial charge in [0.25, 0.3) is 0 Å². The number of aromatic nitrogens is 2. The normalized spacial score (nSPS) is 16.1. The van der Waals surface area contributed by atoms with Crippen LogP contribution in [0.1, 0.15) is 79.2 Å². The maximum absolute atomic E-state index is 14.1. The van der Waals surface area contributed by atoms with E-state index in [1.54, 1.807) is 29.1 Å². The standard InChI is InChI=1S/C35H44N6O5/c1-34(2,3)29(42)19-40-27-15-11-10-14-25(27)32(23-12-8-7-9-13-23)38-41(33(40)45)20-30(43)37-24-16-17-26-28(18-24)39(22-36-26)21-31(44)46-35(4,5)6/h10-11,14-18,22-23H,7-9,12-13,19-21H2,1-6H3,(H,37,43). The van der Waals surface area contributed by atoms with E-state index in [4.69, 9.17) is 9.84 Å². The number of rotatable bonds is 8. The van der Waals surface area contributed by atoms with Crippen molar-refractivity contribution in [1.82, 2.24) is 14.6 Å². The summed E-state index contributed by atoms with van der Waals surface area (Å²) in [6, 6.07) is 12.2. The third-order valence-electron chi connectivity index (χ3n) is 8.20. The lowest BCUT2D eigenvalue weighted by Gasteiger charge is -2.28. The van der Waals surface area contributed by atoms with Crippen LogP contribution in [0, 0.1) is 11.3 Å². The maximum Gasteiger partial charge on any atom is 0.345 e. The fourth-order valence-corrected chi connectivity index (χ4v) is 5.82. The predicted octanol–water partition coefficient (Wildman–Crippen LogP) is 6.16. The molecule has 0 atom stereocenters. The topological polar surface area (TPSA) is 126 Å². The molecule has 11 nitrogen and oxygen atoms in total. The Bertz CT molecular complexity index is 1670. The van der Waals surface area contributed by atoms with Crippen molar-refractivity contribution in [2.45, 2.75) is 85.8 Å². The highest BCUT2D eigenvalue weighted by atomic mass is 16.6. The predicted molar refractivity (Wildman–Crippen MR) is 178 cm³/mol. The molecule has 3 amide bonds. The second kappa shape index (κ2) is 13.1. The van der Waals surface area contributed by atoms with Crippen molar-refractivity contribution in [2.24, 2.45) is 16.4 Å². The van der Waals surface area contributed by atoms with Gasteiger partial charge in [-0.3, -0.25) is 19.3 Å². The van der Waals surface area contributed by atoms with Crippen LogP contribution in [0.3, 0.4) is 0 Å². The highest BCUT2D eigenvalue weighted by Crippen LogP contribution is 2.34. The Morgan fingerprint density at radius 3 is 2.35 bits per heavy atom. The average Bonchev–Trinajstić information content (AvgIpc) is 3.33. The number of imidazole rings is 1. The minimum Gasteiger partial charge on any atom is -0.459 e. The second-order valence-electron chi connectivity index (χ2n) is 14.1. The van der Waals surface area contributed by atoms with Crippen LogP contribution in [0.25, 0.3) is 11.0 Å². The molecule has 0 saturated heterocycles. The lowest BCUT2D eigenvalue weighted by atomic mass is 9.83. The Morgan fingerprint density at radius 1 is 0.935 bits per heavy atom. The van der Waals surface area contributed by atoms with Crippen molar-refractivity contribution in [1.29, 1.82) is 0 Å². The first-order valence-electron chi connectivity index (χ1n) is 16.0. The van der Waals surface area contributed by atoms with Crippen LogP contribution in [0.4, 0.5) is 16.2 Å². The summed E-state index contributed by atoms with van der Waals surface area (Å²) in [6.45, 7) is 10.4. The van der Waals surface area contributed by atoms with Gasteiger partial charge in [-0.1, -0.05) is 58.2 Å². The number of hydrazone groups is 1. The van der Waals surface area contributed by atoms with Crippen molar-refractivity contribution in [3.63, 3.8) is 0 Å². The lowest BCUT2D eigenvalue weighted by molar-refractivity contribution is -0.155. The van der Waals surface area contributed by atoms with Crippen molar-refractivity contribution in [3.05, 3.63) is 54.4 Å². The fourth-order valence-electron chi connectivity index (χ4n) is 5.82. The maximum atomic E-state index is 14.1. The molecule has 1 aliphatic heterocycles. The number of nitrogens with one attached hydrogen (secondary N) is 1. The van der Waals surface area contributed by atoms with Gasteiger partial charge in [-0.2, -0.15) is 5.10 Å². The van der Waals surface area contributed by atoms with E-state index in [0.29, 0.717) is 22.4 Å². The molecule has 0 radical (unpaired) electrons. The molecule has 46 heavy (non-hydrogen) atoms. The third kappa shape index (κ3) is 7.63. The number of hydrogen-bond acceptors (Lipinski definition) is 7. The van der Waals surface area contributed by atoms with Crippen LogP contribution in [0.15, 0.2) is 53.9 Å². The number of ether oxygens (including phenoxy) is 1. The largest absolute Gasteiger partial charge is 0.459 e. The lowest BCUT2D eigenvalue weighted by Crippen LogP contribution is -2.47. The van der Waals surface area contributed by atoms with Gasteiger partial charge < -0.3 is 14.6 Å². The SMILES string of the molecule is CC(C)(C)OC(=O)Cn1cnc2ccc(NC(=O)CN3N=C(C4CCCCC4)c4ccccc4N(CC(=O)C(C)(C)C)C3=O)cc21. The fraction of sp³-hybridized carbons (Fsp3) is 0.486. The molecular weight excluding hydrogens is 584 g/mol. The highest BCUT2D eigenvalue weighted by molar-refractivity contribution is 6.13. The number of anilines is 2.